The van der Waals surface area contributed by atoms with Gasteiger partial charge in [-0.1, -0.05) is 30.0 Å². The van der Waals surface area contributed by atoms with Gasteiger partial charge in [-0.15, -0.1) is 0 Å². The van der Waals surface area contributed by atoms with Gasteiger partial charge in [-0.25, -0.2) is 4.79 Å². The quantitative estimate of drug-likeness (QED) is 0.477. The molecule has 1 N–H and O–H groups in total. The highest BCUT2D eigenvalue weighted by molar-refractivity contribution is 8.03. The fourth-order valence-corrected chi connectivity index (χ4v) is 4.04. The summed E-state index contributed by atoms with van der Waals surface area (Å²) in [6.45, 7) is 4.20. The number of methoxy groups -OCH3 is 1. The van der Waals surface area contributed by atoms with Crippen LogP contribution >= 0.6 is 11.8 Å². The largest absolute Gasteiger partial charge is 0.464 e. The zero-order chi connectivity index (χ0) is 21.7. The Morgan fingerprint density at radius 1 is 1.27 bits per heavy atom. The van der Waals surface area contributed by atoms with Crippen molar-refractivity contribution in [2.45, 2.75) is 38.5 Å². The lowest BCUT2D eigenvalue weighted by Crippen LogP contribution is -2.32. The van der Waals surface area contributed by atoms with Crippen LogP contribution in [0.4, 0.5) is 0 Å². The van der Waals surface area contributed by atoms with Crippen LogP contribution in [0.1, 0.15) is 30.6 Å². The Morgan fingerprint density at radius 3 is 2.77 bits per heavy atom. The van der Waals surface area contributed by atoms with Gasteiger partial charge in [0.1, 0.15) is 11.1 Å². The zero-order valence-corrected chi connectivity index (χ0v) is 17.9. The second-order valence-corrected chi connectivity index (χ2v) is 7.67. The fraction of sp³-hybridized carbons (Fsp3) is 0.381. The second-order valence-electron chi connectivity index (χ2n) is 6.69. The third-order valence-corrected chi connectivity index (χ3v) is 5.55. The second kappa shape index (κ2) is 9.82. The van der Waals surface area contributed by atoms with Crippen molar-refractivity contribution >= 4 is 40.4 Å². The van der Waals surface area contributed by atoms with Crippen LogP contribution in [-0.2, 0) is 30.5 Å². The summed E-state index contributed by atoms with van der Waals surface area (Å²) in [4.78, 5) is 36.8. The van der Waals surface area contributed by atoms with Gasteiger partial charge in [0.15, 0.2) is 12.5 Å². The van der Waals surface area contributed by atoms with Gasteiger partial charge in [-0.2, -0.15) is 0 Å². The molecule has 160 valence electrons. The molecule has 0 saturated carbocycles. The van der Waals surface area contributed by atoms with Crippen LogP contribution in [0.15, 0.2) is 41.6 Å². The zero-order valence-electron chi connectivity index (χ0n) is 17.0. The van der Waals surface area contributed by atoms with Crippen LogP contribution in [-0.4, -0.2) is 47.5 Å². The number of thioether (sulfide) groups is 1. The SMILES string of the molecule is CCOC(C)CC(=O)OCn1cc(C(=O)C2NC(C(=O)OC)=CS2)c2ccccc21. The van der Waals surface area contributed by atoms with Crippen LogP contribution in [0, 0.1) is 0 Å². The summed E-state index contributed by atoms with van der Waals surface area (Å²) >= 11 is 1.21. The van der Waals surface area contributed by atoms with E-state index in [1.165, 1.54) is 18.9 Å². The smallest absolute Gasteiger partial charge is 0.354 e. The summed E-state index contributed by atoms with van der Waals surface area (Å²) in [7, 11) is 1.29. The molecular weight excluding hydrogens is 408 g/mol. The number of nitrogens with zero attached hydrogens (tertiary/aromatic N) is 1. The summed E-state index contributed by atoms with van der Waals surface area (Å²) in [5.41, 5.74) is 1.51. The number of hydrogen-bond acceptors (Lipinski definition) is 8. The molecule has 1 aliphatic rings. The van der Waals surface area contributed by atoms with Gasteiger partial charge < -0.3 is 24.1 Å². The van der Waals surface area contributed by atoms with Gasteiger partial charge in [0.2, 0.25) is 0 Å². The molecule has 0 spiro atoms. The van der Waals surface area contributed by atoms with Crippen molar-refractivity contribution in [3.05, 3.63) is 47.1 Å². The predicted octanol–water partition coefficient (Wildman–Crippen LogP) is 2.82. The molecule has 30 heavy (non-hydrogen) atoms. The molecule has 2 unspecified atom stereocenters. The molecule has 0 bridgehead atoms. The minimum Gasteiger partial charge on any atom is -0.464 e. The van der Waals surface area contributed by atoms with Gasteiger partial charge in [-0.3, -0.25) is 9.59 Å². The topological polar surface area (TPSA) is 95.9 Å². The molecule has 1 aliphatic heterocycles. The molecule has 2 aromatic rings. The number of hydrogen-bond donors (Lipinski definition) is 1. The summed E-state index contributed by atoms with van der Waals surface area (Å²) in [6, 6.07) is 7.39. The lowest BCUT2D eigenvalue weighted by molar-refractivity contribution is -0.150. The Bertz CT molecular complexity index is 983. The van der Waals surface area contributed by atoms with E-state index >= 15 is 0 Å². The number of benzene rings is 1. The van der Waals surface area contributed by atoms with E-state index < -0.39 is 11.3 Å². The number of para-hydroxylation sites is 1. The average Bonchev–Trinajstić information content (AvgIpc) is 3.37. The number of rotatable bonds is 9. The number of ketones is 1. The highest BCUT2D eigenvalue weighted by atomic mass is 32.2. The van der Waals surface area contributed by atoms with E-state index in [0.29, 0.717) is 12.2 Å². The number of nitrogens with one attached hydrogen (secondary N) is 1. The molecule has 9 heteroatoms. The van der Waals surface area contributed by atoms with Crippen LogP contribution < -0.4 is 5.32 Å². The highest BCUT2D eigenvalue weighted by Gasteiger charge is 2.30. The van der Waals surface area contributed by atoms with E-state index in [1.54, 1.807) is 16.2 Å². The van der Waals surface area contributed by atoms with E-state index in [2.05, 4.69) is 10.1 Å². The van der Waals surface area contributed by atoms with Crippen LogP contribution in [0.3, 0.4) is 0 Å². The van der Waals surface area contributed by atoms with Crippen molar-refractivity contribution in [1.29, 1.82) is 0 Å². The number of aromatic nitrogens is 1. The molecule has 1 aromatic heterocycles. The van der Waals surface area contributed by atoms with Crippen molar-refractivity contribution in [2.24, 2.45) is 0 Å². The number of ether oxygens (including phenoxy) is 3. The van der Waals surface area contributed by atoms with Crippen molar-refractivity contribution in [1.82, 2.24) is 9.88 Å². The Hall–Kier alpha value is -2.78. The van der Waals surface area contributed by atoms with Gasteiger partial charge in [0.25, 0.3) is 0 Å². The van der Waals surface area contributed by atoms with Crippen LogP contribution in [0.2, 0.25) is 0 Å². The van der Waals surface area contributed by atoms with Crippen molar-refractivity contribution in [3.63, 3.8) is 0 Å². The Balaban J connectivity index is 1.74. The van der Waals surface area contributed by atoms with Gasteiger partial charge >= 0.3 is 11.9 Å². The number of esters is 2. The maximum atomic E-state index is 13.1. The molecule has 0 saturated heterocycles. The van der Waals surface area contributed by atoms with E-state index in [1.807, 2.05) is 38.1 Å². The van der Waals surface area contributed by atoms with Gasteiger partial charge in [0, 0.05) is 29.2 Å². The first kappa shape index (κ1) is 21.9. The number of Topliss-reactive ketones (excluding diaryl/α,β-unsaturated/α-hetero) is 1. The monoisotopic (exact) mass is 432 g/mol. The Labute approximate surface area is 178 Å². The Morgan fingerprint density at radius 2 is 2.03 bits per heavy atom. The molecular formula is C21H24N2O6S. The summed E-state index contributed by atoms with van der Waals surface area (Å²) < 4.78 is 17.1. The normalized spacial score (nSPS) is 16.6. The predicted molar refractivity (Wildman–Crippen MR) is 113 cm³/mol. The minimum absolute atomic E-state index is 0.0115. The minimum atomic E-state index is -0.632. The highest BCUT2D eigenvalue weighted by Crippen LogP contribution is 2.29. The number of carbonyl (C=O) groups is 3. The summed E-state index contributed by atoms with van der Waals surface area (Å²) in [5.74, 6) is -1.07. The van der Waals surface area contributed by atoms with Gasteiger partial charge in [-0.05, 0) is 19.9 Å². The number of fused-ring (bicyclic) bond motifs is 1. The lowest BCUT2D eigenvalue weighted by Gasteiger charge is -2.12. The van der Waals surface area contributed by atoms with Gasteiger partial charge in [0.05, 0.1) is 25.2 Å². The maximum absolute atomic E-state index is 13.1. The molecule has 2 atom stereocenters. The van der Waals surface area contributed by atoms with Crippen molar-refractivity contribution in [3.8, 4) is 0 Å². The van der Waals surface area contributed by atoms with Crippen LogP contribution in [0.5, 0.6) is 0 Å². The summed E-state index contributed by atoms with van der Waals surface area (Å²) in [5, 5.41) is 4.58. The molecule has 0 radical (unpaired) electrons. The number of carbonyl (C=O) groups excluding carboxylic acids is 3. The molecule has 3 rings (SSSR count). The third-order valence-electron chi connectivity index (χ3n) is 4.58. The first-order valence-corrected chi connectivity index (χ1v) is 10.5. The maximum Gasteiger partial charge on any atom is 0.354 e. The molecule has 0 amide bonds. The summed E-state index contributed by atoms with van der Waals surface area (Å²) in [6.07, 6.45) is 1.61. The average molecular weight is 432 g/mol. The van der Waals surface area contributed by atoms with E-state index in [0.717, 1.165) is 10.9 Å². The molecule has 1 aromatic carbocycles. The standard InChI is InChI=1S/C21H24N2O6S/c1-4-28-13(2)9-18(24)29-12-23-10-15(14-7-5-6-8-17(14)23)19(25)20-22-16(11-30-20)21(26)27-3/h5-8,10-11,13,20,22H,4,9,12H2,1-3H3. The first-order valence-electron chi connectivity index (χ1n) is 9.54. The molecule has 2 heterocycles. The van der Waals surface area contributed by atoms with Crippen LogP contribution in [0.25, 0.3) is 10.9 Å². The van der Waals surface area contributed by atoms with E-state index in [-0.39, 0.29) is 36.7 Å². The van der Waals surface area contributed by atoms with Crippen molar-refractivity contribution < 1.29 is 28.6 Å². The van der Waals surface area contributed by atoms with Crippen molar-refractivity contribution in [2.75, 3.05) is 13.7 Å². The molecule has 0 aliphatic carbocycles. The lowest BCUT2D eigenvalue weighted by atomic mass is 10.1. The molecule has 0 fully saturated rings. The molecule has 8 nitrogen and oxygen atoms in total. The first-order chi connectivity index (χ1) is 14.4. The van der Waals surface area contributed by atoms with E-state index in [9.17, 15) is 14.4 Å². The third kappa shape index (κ3) is 4.85. The van der Waals surface area contributed by atoms with E-state index in [4.69, 9.17) is 9.47 Å². The fourth-order valence-electron chi connectivity index (χ4n) is 3.16. The Kier molecular flexibility index (Phi) is 7.17.